The molecular weight excluding hydrogens is 324 g/mol. The Morgan fingerprint density at radius 2 is 1.65 bits per heavy atom. The van der Waals surface area contributed by atoms with Gasteiger partial charge in [0.25, 0.3) is 0 Å². The average molecular weight is 361 g/mol. The Balaban J connectivity index is 2.48. The molecule has 2 rings (SSSR count). The maximum Gasteiger partial charge on any atom is 0.238 e. The van der Waals surface area contributed by atoms with Crippen LogP contribution < -0.4 is 0 Å². The Morgan fingerprint density at radius 3 is 2.12 bits per heavy atom. The topological polar surface area (TPSA) is 40.6 Å². The molecule has 0 aromatic rings. The number of hydrogen-bond acceptors (Lipinski definition) is 2. The average Bonchev–Trinajstić information content (AvgIpc) is 2.89. The van der Waals surface area contributed by atoms with Crippen molar-refractivity contribution in [1.82, 2.24) is 9.80 Å². The molecule has 146 valence electrons. The van der Waals surface area contributed by atoms with Crippen molar-refractivity contribution in [3.63, 3.8) is 0 Å². The van der Waals surface area contributed by atoms with Gasteiger partial charge in [-0.15, -0.1) is 0 Å². The first-order valence-electron chi connectivity index (χ1n) is 10.0. The summed E-state index contributed by atoms with van der Waals surface area (Å²) in [6, 6.07) is -0.171. The van der Waals surface area contributed by atoms with Crippen LogP contribution in [0.3, 0.4) is 0 Å². The molecule has 0 spiro atoms. The zero-order valence-corrected chi connectivity index (χ0v) is 17.8. The molecular formula is C22H36N2O2. The molecule has 0 saturated heterocycles. The van der Waals surface area contributed by atoms with Crippen LogP contribution in [-0.2, 0) is 9.59 Å². The summed E-state index contributed by atoms with van der Waals surface area (Å²) in [6.45, 7) is 16.5. The van der Waals surface area contributed by atoms with E-state index in [4.69, 9.17) is 0 Å². The fraction of sp³-hybridized carbons (Fsp3) is 0.727. The maximum atomic E-state index is 13.5. The fourth-order valence-electron chi connectivity index (χ4n) is 4.57. The highest BCUT2D eigenvalue weighted by atomic mass is 16.2. The van der Waals surface area contributed by atoms with E-state index in [2.05, 4.69) is 33.8 Å². The van der Waals surface area contributed by atoms with Gasteiger partial charge in [-0.2, -0.15) is 0 Å². The second-order valence-corrected chi connectivity index (χ2v) is 9.14. The smallest absolute Gasteiger partial charge is 0.238 e. The third-order valence-electron chi connectivity index (χ3n) is 6.65. The highest BCUT2D eigenvalue weighted by Gasteiger charge is 2.54. The molecule has 0 N–H and O–H groups in total. The lowest BCUT2D eigenvalue weighted by Gasteiger charge is -2.43. The summed E-state index contributed by atoms with van der Waals surface area (Å²) in [6.07, 6.45) is 10.3. The first-order valence-corrected chi connectivity index (χ1v) is 10.0. The molecule has 3 atom stereocenters. The molecule has 0 saturated carbocycles. The van der Waals surface area contributed by atoms with Crippen molar-refractivity contribution in [2.45, 2.75) is 86.2 Å². The van der Waals surface area contributed by atoms with Crippen LogP contribution in [-0.4, -0.2) is 33.2 Å². The quantitative estimate of drug-likeness (QED) is 0.727. The van der Waals surface area contributed by atoms with Gasteiger partial charge in [-0.3, -0.25) is 9.59 Å². The van der Waals surface area contributed by atoms with E-state index in [-0.39, 0.29) is 34.7 Å². The van der Waals surface area contributed by atoms with Crippen LogP contribution in [0.4, 0.5) is 0 Å². The maximum absolute atomic E-state index is 13.5. The van der Waals surface area contributed by atoms with Crippen LogP contribution in [0.25, 0.3) is 0 Å². The Kier molecular flexibility index (Phi) is 5.47. The molecule has 0 aromatic heterocycles. The Hall–Kier alpha value is -1.58. The van der Waals surface area contributed by atoms with Crippen molar-refractivity contribution in [3.8, 4) is 0 Å². The molecule has 2 aliphatic rings. The van der Waals surface area contributed by atoms with Gasteiger partial charge >= 0.3 is 0 Å². The monoisotopic (exact) mass is 360 g/mol. The number of nitrogens with zero attached hydrogens (tertiary/aromatic N) is 2. The molecule has 4 nitrogen and oxygen atoms in total. The van der Waals surface area contributed by atoms with E-state index in [0.29, 0.717) is 0 Å². The molecule has 2 aliphatic heterocycles. The van der Waals surface area contributed by atoms with E-state index in [1.165, 1.54) is 0 Å². The fourth-order valence-corrected chi connectivity index (χ4v) is 4.57. The number of rotatable bonds is 4. The zero-order valence-electron chi connectivity index (χ0n) is 17.8. The summed E-state index contributed by atoms with van der Waals surface area (Å²) < 4.78 is 0. The standard InChI is InChI=1S/C22H36N2O2/c1-9-22(10-2,11-3)19(26)23-15-13-21(8)17(23)16(4)12-14-24(18(21)25)20(5,6)7/h12-17H,9-11H2,1-8H3/t16-,17+,21+/m0/s1. The van der Waals surface area contributed by atoms with E-state index < -0.39 is 5.41 Å². The van der Waals surface area contributed by atoms with Crippen molar-refractivity contribution < 1.29 is 9.59 Å². The molecule has 0 fully saturated rings. The molecule has 4 heteroatoms. The Labute approximate surface area is 159 Å². The van der Waals surface area contributed by atoms with E-state index >= 15 is 0 Å². The number of carbonyl (C=O) groups excluding carboxylic acids is 2. The summed E-state index contributed by atoms with van der Waals surface area (Å²) in [5.74, 6) is 0.322. The van der Waals surface area contributed by atoms with Crippen LogP contribution >= 0.6 is 0 Å². The van der Waals surface area contributed by atoms with Gasteiger partial charge in [0.2, 0.25) is 11.8 Å². The zero-order chi connectivity index (χ0) is 19.9. The van der Waals surface area contributed by atoms with Gasteiger partial charge in [0, 0.05) is 23.4 Å². The minimum Gasteiger partial charge on any atom is -0.314 e. The SMILES string of the molecule is CCC(CC)(CC)C(=O)N1C=C[C@@]2(C)C(=O)N(C(C)(C)C)C=C[C@H](C)[C@@H]12. The lowest BCUT2D eigenvalue weighted by Crippen LogP contribution is -2.55. The largest absolute Gasteiger partial charge is 0.314 e. The van der Waals surface area contributed by atoms with Gasteiger partial charge in [-0.05, 0) is 52.9 Å². The van der Waals surface area contributed by atoms with Crippen LogP contribution in [0.2, 0.25) is 0 Å². The Morgan fingerprint density at radius 1 is 1.12 bits per heavy atom. The van der Waals surface area contributed by atoms with Gasteiger partial charge in [0.05, 0.1) is 11.5 Å². The highest BCUT2D eigenvalue weighted by molar-refractivity contribution is 5.91. The molecule has 2 amide bonds. The van der Waals surface area contributed by atoms with Crippen LogP contribution in [0.1, 0.15) is 74.7 Å². The van der Waals surface area contributed by atoms with Gasteiger partial charge in [-0.25, -0.2) is 0 Å². The summed E-state index contributed by atoms with van der Waals surface area (Å²) in [5.41, 5.74) is -1.35. The van der Waals surface area contributed by atoms with Crippen molar-refractivity contribution >= 4 is 11.8 Å². The first-order chi connectivity index (χ1) is 12.0. The summed E-state index contributed by atoms with van der Waals surface area (Å²) in [5, 5.41) is 0. The van der Waals surface area contributed by atoms with Crippen molar-refractivity contribution in [3.05, 3.63) is 24.6 Å². The molecule has 0 aliphatic carbocycles. The number of hydrogen-bond donors (Lipinski definition) is 0. The van der Waals surface area contributed by atoms with Crippen LogP contribution in [0.5, 0.6) is 0 Å². The van der Waals surface area contributed by atoms with E-state index in [9.17, 15) is 9.59 Å². The number of carbonyl (C=O) groups is 2. The summed E-state index contributed by atoms with van der Waals surface area (Å²) in [4.78, 5) is 30.7. The summed E-state index contributed by atoms with van der Waals surface area (Å²) >= 11 is 0. The van der Waals surface area contributed by atoms with Crippen LogP contribution in [0, 0.1) is 16.7 Å². The third-order valence-corrected chi connectivity index (χ3v) is 6.65. The van der Waals surface area contributed by atoms with Crippen molar-refractivity contribution in [1.29, 1.82) is 0 Å². The minimum absolute atomic E-state index is 0.0669. The Bertz CT molecular complexity index is 616. The number of amides is 2. The lowest BCUT2D eigenvalue weighted by atomic mass is 9.74. The molecule has 0 bridgehead atoms. The van der Waals surface area contributed by atoms with Crippen molar-refractivity contribution in [2.24, 2.45) is 16.7 Å². The lowest BCUT2D eigenvalue weighted by molar-refractivity contribution is -0.148. The molecule has 0 aromatic carbocycles. The predicted molar refractivity (Wildman–Crippen MR) is 106 cm³/mol. The molecule has 0 unspecified atom stereocenters. The third kappa shape index (κ3) is 3.01. The molecule has 2 heterocycles. The van der Waals surface area contributed by atoms with Gasteiger partial charge in [-0.1, -0.05) is 39.8 Å². The van der Waals surface area contributed by atoms with E-state index in [1.807, 2.05) is 56.0 Å². The van der Waals surface area contributed by atoms with E-state index in [1.54, 1.807) is 0 Å². The van der Waals surface area contributed by atoms with Gasteiger partial charge in [0.1, 0.15) is 0 Å². The van der Waals surface area contributed by atoms with Crippen molar-refractivity contribution in [2.75, 3.05) is 0 Å². The summed E-state index contributed by atoms with van der Waals surface area (Å²) in [7, 11) is 0. The van der Waals surface area contributed by atoms with Gasteiger partial charge < -0.3 is 9.80 Å². The predicted octanol–water partition coefficient (Wildman–Crippen LogP) is 4.72. The second-order valence-electron chi connectivity index (χ2n) is 9.14. The highest BCUT2D eigenvalue weighted by Crippen LogP contribution is 2.46. The van der Waals surface area contributed by atoms with E-state index in [0.717, 1.165) is 19.3 Å². The normalized spacial score (nSPS) is 29.2. The molecule has 26 heavy (non-hydrogen) atoms. The van der Waals surface area contributed by atoms with Crippen LogP contribution in [0.15, 0.2) is 24.6 Å². The minimum atomic E-state index is -0.702. The first kappa shape index (κ1) is 20.7. The van der Waals surface area contributed by atoms with Gasteiger partial charge in [0.15, 0.2) is 0 Å². The number of fused-ring (bicyclic) bond motifs is 1. The molecule has 0 radical (unpaired) electrons. The second kappa shape index (κ2) is 6.86.